The van der Waals surface area contributed by atoms with Crippen molar-refractivity contribution in [3.05, 3.63) is 129 Å². The zero-order chi connectivity index (χ0) is 65.1. The van der Waals surface area contributed by atoms with Crippen LogP contribution in [0.15, 0.2) is 89.2 Å². The molecular weight excluding hydrogens is 1210 g/mol. The number of ether oxygens (including phenoxy) is 5. The quantitative estimate of drug-likeness (QED) is 0.0162. The molecule has 24 nitrogen and oxygen atoms in total. The number of pyridine rings is 2. The van der Waals surface area contributed by atoms with Crippen LogP contribution in [-0.4, -0.2) is 141 Å². The molecule has 2 aromatic carbocycles. The standard InChI is InChI=1S/C65H80N10O14S2/c1-6-65(56-34-58-59-54(38-74(58)61(80)55(56)42-87-62(65)81)52(53-19-10-11-20-57(53)70-59)27-29-75(43(2)3)91(5,83)84)89-64(82)88-39-44-21-23-47(24-22-44)69-60(79)46(16-12-13-28-66)33-51(78)41-86-40-50(77)18-14-31-85-32-30-73-37-48(71-72-73)25-26-49(76)17-9-7-8-15-45-35-67-63(90-4)68-36-45/h8,10-11,15,19-24,34-37,43,46H,6-7,9,12-14,16-18,25-33,38-42,66H2,1-5H3,(H,69,79)/b15-8-/t46-,65+/m1/s1. The van der Waals surface area contributed by atoms with Crippen molar-refractivity contribution in [1.29, 1.82) is 0 Å². The summed E-state index contributed by atoms with van der Waals surface area (Å²) in [6.45, 7) is 5.87. The number of esters is 1. The number of hydrogen-bond donors (Lipinski definition) is 2. The molecule has 6 heterocycles. The van der Waals surface area contributed by atoms with Crippen molar-refractivity contribution in [1.82, 2.24) is 38.8 Å². The predicted molar refractivity (Wildman–Crippen MR) is 341 cm³/mol. The maximum atomic E-state index is 14.4. The lowest BCUT2D eigenvalue weighted by Crippen LogP contribution is -2.47. The first-order valence-electron chi connectivity index (χ1n) is 30.7. The second-order valence-electron chi connectivity index (χ2n) is 22.8. The number of unbranched alkanes of at least 4 members (excludes halogenated alkanes) is 2. The molecular formula is C65H80N10O14S2. The molecule has 8 rings (SSSR count). The van der Waals surface area contributed by atoms with Gasteiger partial charge in [-0.2, -0.15) is 4.31 Å². The van der Waals surface area contributed by atoms with Crippen LogP contribution >= 0.6 is 11.8 Å². The second-order valence-corrected chi connectivity index (χ2v) is 25.5. The molecule has 0 aliphatic carbocycles. The van der Waals surface area contributed by atoms with E-state index in [1.807, 2.05) is 56.5 Å². The summed E-state index contributed by atoms with van der Waals surface area (Å²) in [6.07, 6.45) is 16.5. The number of benzene rings is 2. The molecule has 2 aliphatic rings. The first-order chi connectivity index (χ1) is 43.8. The van der Waals surface area contributed by atoms with Crippen molar-refractivity contribution < 1.29 is 60.9 Å². The van der Waals surface area contributed by atoms with Crippen LogP contribution in [0.3, 0.4) is 0 Å². The van der Waals surface area contributed by atoms with Crippen molar-refractivity contribution >= 4 is 79.8 Å². The molecule has 3 N–H and O–H groups in total. The van der Waals surface area contributed by atoms with Gasteiger partial charge in [-0.3, -0.25) is 24.0 Å². The second kappa shape index (κ2) is 32.9. The lowest BCUT2D eigenvalue weighted by atomic mass is 9.85. The lowest BCUT2D eigenvalue weighted by molar-refractivity contribution is -0.175. The third-order valence-corrected chi connectivity index (χ3v) is 17.9. The van der Waals surface area contributed by atoms with E-state index in [-0.39, 0.29) is 93.3 Å². The number of fused-ring (bicyclic) bond motifs is 5. The molecule has 26 heteroatoms. The normalized spacial score (nSPS) is 14.7. The number of allylic oxidation sites excluding steroid dienone is 1. The summed E-state index contributed by atoms with van der Waals surface area (Å²) in [5.41, 5.74) is 9.19. The number of para-hydroxylation sites is 1. The van der Waals surface area contributed by atoms with Crippen LogP contribution in [0.4, 0.5) is 10.5 Å². The van der Waals surface area contributed by atoms with Gasteiger partial charge in [0.25, 0.3) is 5.56 Å². The predicted octanol–water partition coefficient (Wildman–Crippen LogP) is 7.87. The number of ketones is 3. The van der Waals surface area contributed by atoms with E-state index in [0.717, 1.165) is 45.8 Å². The SMILES string of the molecule is CC[C@@]1(OC(=O)OCc2ccc(NC(=O)[C@H](CCCCN)CC(=O)COCC(=O)CCCOCCn3cc(CCC(=O)CCC/C=C\c4cnc(SC)nc4)nn3)cc2)C(=O)OCc2c1cc1n(c2=O)Cc2c-1nc1ccccc1c2CCN(C(C)C)S(C)(=O)=O. The average Bonchev–Trinajstić information content (AvgIpc) is 1.66. The number of carbonyl (C=O) groups is 6. The van der Waals surface area contributed by atoms with Crippen LogP contribution in [0, 0.1) is 5.92 Å². The van der Waals surface area contributed by atoms with Gasteiger partial charge in [-0.25, -0.2) is 37.6 Å². The Morgan fingerprint density at radius 1 is 0.912 bits per heavy atom. The number of amides is 1. The molecule has 91 heavy (non-hydrogen) atoms. The minimum absolute atomic E-state index is 0.106. The van der Waals surface area contributed by atoms with Crippen molar-refractivity contribution in [3.63, 3.8) is 0 Å². The van der Waals surface area contributed by atoms with Crippen molar-refractivity contribution in [2.75, 3.05) is 57.3 Å². The Kier molecular flexibility index (Phi) is 25.0. The largest absolute Gasteiger partial charge is 0.510 e. The number of rotatable bonds is 37. The molecule has 0 bridgehead atoms. The molecule has 0 spiro atoms. The van der Waals surface area contributed by atoms with Crippen LogP contribution in [0.1, 0.15) is 130 Å². The summed E-state index contributed by atoms with van der Waals surface area (Å²) in [5.74, 6) is -2.35. The molecule has 486 valence electrons. The third-order valence-electron chi connectivity index (χ3n) is 15.9. The van der Waals surface area contributed by atoms with E-state index in [2.05, 4.69) is 25.6 Å². The van der Waals surface area contributed by atoms with Gasteiger partial charge in [0.2, 0.25) is 21.5 Å². The van der Waals surface area contributed by atoms with Crippen LogP contribution in [0.25, 0.3) is 28.4 Å². The Bertz CT molecular complexity index is 3760. The molecule has 0 saturated heterocycles. The number of cyclic esters (lactones) is 1. The molecule has 0 fully saturated rings. The molecule has 0 saturated carbocycles. The number of nitrogens with one attached hydrogen (secondary N) is 1. The Labute approximate surface area is 533 Å². The number of nitrogens with two attached hydrogens (primary N) is 1. The fourth-order valence-electron chi connectivity index (χ4n) is 11.1. The highest BCUT2D eigenvalue weighted by Gasteiger charge is 2.51. The zero-order valence-electron chi connectivity index (χ0n) is 52.2. The van der Waals surface area contributed by atoms with Crippen LogP contribution < -0.4 is 16.6 Å². The van der Waals surface area contributed by atoms with Gasteiger partial charge >= 0.3 is 12.1 Å². The number of Topliss-reactive ketones (excluding diaryl/α,β-unsaturated/α-hetero) is 3. The van der Waals surface area contributed by atoms with Crippen molar-refractivity contribution in [2.24, 2.45) is 11.7 Å². The topological polar surface area (TPSA) is 315 Å². The minimum Gasteiger partial charge on any atom is -0.457 e. The molecule has 2 aliphatic heterocycles. The van der Waals surface area contributed by atoms with E-state index >= 15 is 0 Å². The van der Waals surface area contributed by atoms with Gasteiger partial charge in [-0.1, -0.05) is 72.8 Å². The first-order valence-corrected chi connectivity index (χ1v) is 33.8. The van der Waals surface area contributed by atoms with Gasteiger partial charge in [0.05, 0.1) is 54.1 Å². The summed E-state index contributed by atoms with van der Waals surface area (Å²) >= 11 is 1.49. The number of hydrogen-bond acceptors (Lipinski definition) is 21. The summed E-state index contributed by atoms with van der Waals surface area (Å²) in [7, 11) is -3.53. The lowest BCUT2D eigenvalue weighted by Gasteiger charge is -2.35. The first kappa shape index (κ1) is 69.0. The van der Waals surface area contributed by atoms with Crippen molar-refractivity contribution in [3.8, 4) is 11.4 Å². The van der Waals surface area contributed by atoms with Crippen LogP contribution in [0.2, 0.25) is 0 Å². The van der Waals surface area contributed by atoms with Gasteiger partial charge in [-0.15, -0.1) is 5.10 Å². The number of aromatic nitrogens is 7. The van der Waals surface area contributed by atoms with Gasteiger partial charge in [0, 0.05) is 97.1 Å². The third kappa shape index (κ3) is 18.7. The van der Waals surface area contributed by atoms with Crippen LogP contribution in [0.5, 0.6) is 0 Å². The van der Waals surface area contributed by atoms with E-state index in [4.69, 9.17) is 34.4 Å². The molecule has 6 aromatic rings. The fraction of sp³-hybridized carbons (Fsp3) is 0.477. The minimum atomic E-state index is -3.53. The van der Waals surface area contributed by atoms with E-state index in [1.54, 1.807) is 65.1 Å². The maximum absolute atomic E-state index is 14.4. The summed E-state index contributed by atoms with van der Waals surface area (Å²) in [5, 5.41) is 12.7. The number of aryl methyl sites for hydroxylation is 1. The van der Waals surface area contributed by atoms with Gasteiger partial charge in [0.15, 0.2) is 16.7 Å². The van der Waals surface area contributed by atoms with E-state index < -0.39 is 45.1 Å². The number of thioether (sulfide) groups is 1. The summed E-state index contributed by atoms with van der Waals surface area (Å²) in [4.78, 5) is 107. The number of sulfonamides is 1. The highest BCUT2D eigenvalue weighted by molar-refractivity contribution is 7.98. The Morgan fingerprint density at radius 3 is 2.41 bits per heavy atom. The molecule has 1 amide bonds. The average molecular weight is 1290 g/mol. The Morgan fingerprint density at radius 2 is 1.67 bits per heavy atom. The van der Waals surface area contributed by atoms with E-state index in [9.17, 15) is 42.0 Å². The zero-order valence-corrected chi connectivity index (χ0v) is 53.8. The van der Waals surface area contributed by atoms with Crippen LogP contribution in [-0.2, 0) is 102 Å². The van der Waals surface area contributed by atoms with Gasteiger partial charge in [0.1, 0.15) is 32.2 Å². The molecule has 0 radical (unpaired) electrons. The fourth-order valence-corrected chi connectivity index (χ4v) is 12.6. The van der Waals surface area contributed by atoms with Gasteiger partial charge in [-0.05, 0) is 113 Å². The molecule has 0 unspecified atom stereocenters. The van der Waals surface area contributed by atoms with E-state index in [0.29, 0.717) is 106 Å². The molecule has 2 atom stereocenters. The summed E-state index contributed by atoms with van der Waals surface area (Å²) < 4.78 is 58.3. The maximum Gasteiger partial charge on any atom is 0.510 e. The smallest absolute Gasteiger partial charge is 0.457 e. The summed E-state index contributed by atoms with van der Waals surface area (Å²) in [6, 6.07) is 15.3. The number of nitrogens with zero attached hydrogens (tertiary/aromatic N) is 8. The number of carbonyl (C=O) groups excluding carboxylic acids is 6. The Hall–Kier alpha value is -7.88. The van der Waals surface area contributed by atoms with Crippen molar-refractivity contribution in [2.45, 2.75) is 147 Å². The Balaban J connectivity index is 0.754. The number of anilines is 1. The monoisotopic (exact) mass is 1290 g/mol. The molecule has 4 aromatic heterocycles. The highest BCUT2D eigenvalue weighted by Crippen LogP contribution is 2.42. The van der Waals surface area contributed by atoms with Gasteiger partial charge < -0.3 is 39.3 Å². The van der Waals surface area contributed by atoms with E-state index in [1.165, 1.54) is 22.3 Å². The highest BCUT2D eigenvalue weighted by atomic mass is 32.2.